The van der Waals surface area contributed by atoms with E-state index in [-0.39, 0.29) is 23.9 Å². The highest BCUT2D eigenvalue weighted by Crippen LogP contribution is 2.39. The van der Waals surface area contributed by atoms with E-state index < -0.39 is 5.25 Å². The Labute approximate surface area is 218 Å². The average molecular weight is 578 g/mol. The van der Waals surface area contributed by atoms with E-state index in [1.165, 1.54) is 23.9 Å². The first-order valence-electron chi connectivity index (χ1n) is 10.4. The second kappa shape index (κ2) is 11.2. The topological polar surface area (TPSA) is 83.1 Å². The molecule has 0 fully saturated rings. The van der Waals surface area contributed by atoms with Crippen LogP contribution in [0.4, 0.5) is 4.39 Å². The fourth-order valence-electron chi connectivity index (χ4n) is 3.40. The number of hydrogen-bond donors (Lipinski definition) is 0. The number of aromatic nitrogens is 3. The van der Waals surface area contributed by atoms with Crippen LogP contribution in [-0.2, 0) is 6.61 Å². The zero-order valence-corrected chi connectivity index (χ0v) is 21.6. The van der Waals surface area contributed by atoms with Gasteiger partial charge in [-0.05, 0) is 82.5 Å². The zero-order chi connectivity index (χ0) is 24.9. The van der Waals surface area contributed by atoms with Gasteiger partial charge in [-0.2, -0.15) is 0 Å². The van der Waals surface area contributed by atoms with Crippen LogP contribution in [0.15, 0.2) is 76.4 Å². The van der Waals surface area contributed by atoms with Crippen molar-refractivity contribution in [1.82, 2.24) is 14.8 Å². The molecule has 4 rings (SSSR count). The van der Waals surface area contributed by atoms with Crippen LogP contribution in [-0.4, -0.2) is 26.2 Å². The summed E-state index contributed by atoms with van der Waals surface area (Å²) < 4.78 is 21.7. The molecule has 0 N–H and O–H groups in total. The predicted octanol–water partition coefficient (Wildman–Crippen LogP) is 6.82. The van der Waals surface area contributed by atoms with Gasteiger partial charge in [0.1, 0.15) is 29.2 Å². The largest absolute Gasteiger partial charge is 0.488 e. The number of rotatable bonds is 9. The van der Waals surface area contributed by atoms with E-state index in [2.05, 4.69) is 26.1 Å². The molecule has 0 aliphatic heterocycles. The van der Waals surface area contributed by atoms with Gasteiger partial charge in [-0.3, -0.25) is 14.7 Å². The molecule has 0 aliphatic rings. The molecule has 35 heavy (non-hydrogen) atoms. The van der Waals surface area contributed by atoms with Gasteiger partial charge in [-0.1, -0.05) is 41.6 Å². The lowest BCUT2D eigenvalue weighted by molar-refractivity contribution is -0.479. The molecule has 180 valence electrons. The minimum atomic E-state index is -0.534. The summed E-state index contributed by atoms with van der Waals surface area (Å²) in [6.07, 6.45) is 0. The minimum Gasteiger partial charge on any atom is -0.488 e. The van der Waals surface area contributed by atoms with Crippen molar-refractivity contribution >= 4 is 39.3 Å². The van der Waals surface area contributed by atoms with E-state index in [0.29, 0.717) is 31.8 Å². The van der Waals surface area contributed by atoms with E-state index >= 15 is 0 Å². The number of halogens is 3. The average Bonchev–Trinajstić information content (AvgIpc) is 3.18. The predicted molar refractivity (Wildman–Crippen MR) is 136 cm³/mol. The molecule has 0 amide bonds. The van der Waals surface area contributed by atoms with E-state index in [1.807, 2.05) is 23.6 Å². The van der Waals surface area contributed by atoms with Crippen molar-refractivity contribution in [2.45, 2.75) is 23.9 Å². The standard InChI is InChI=1S/C24H19BrClFN4O3S/c1-15-28-29-24(31(15)20-8-6-18(26)7-9-20)35-23(13-30(32)33)17-5-10-22(21(25)12-17)34-14-16-3-2-4-19(27)11-16/h2-12,23H,13-14H2,1H3/t23-/m0/s1. The van der Waals surface area contributed by atoms with E-state index in [9.17, 15) is 14.5 Å². The Morgan fingerprint density at radius 2 is 1.94 bits per heavy atom. The van der Waals surface area contributed by atoms with Crippen LogP contribution in [0.1, 0.15) is 22.2 Å². The van der Waals surface area contributed by atoms with Gasteiger partial charge in [0.15, 0.2) is 5.16 Å². The summed E-state index contributed by atoms with van der Waals surface area (Å²) in [6.45, 7) is 1.69. The highest BCUT2D eigenvalue weighted by atomic mass is 79.9. The molecule has 0 radical (unpaired) electrons. The molecular formula is C24H19BrClFN4O3S. The van der Waals surface area contributed by atoms with Crippen LogP contribution in [0.3, 0.4) is 0 Å². The maximum atomic E-state index is 13.4. The summed E-state index contributed by atoms with van der Waals surface area (Å²) in [4.78, 5) is 11.1. The van der Waals surface area contributed by atoms with Gasteiger partial charge in [-0.15, -0.1) is 10.2 Å². The van der Waals surface area contributed by atoms with Crippen molar-refractivity contribution < 1.29 is 14.1 Å². The van der Waals surface area contributed by atoms with Crippen LogP contribution in [0.5, 0.6) is 5.75 Å². The molecule has 1 aromatic heterocycles. The summed E-state index contributed by atoms with van der Waals surface area (Å²) in [5.74, 6) is 0.863. The Morgan fingerprint density at radius 3 is 2.63 bits per heavy atom. The fourth-order valence-corrected chi connectivity index (χ4v) is 5.20. The molecule has 7 nitrogen and oxygen atoms in total. The number of benzene rings is 3. The third-order valence-corrected chi connectivity index (χ3v) is 7.11. The normalized spacial score (nSPS) is 11.9. The quantitative estimate of drug-likeness (QED) is 0.123. The minimum absolute atomic E-state index is 0.187. The van der Waals surface area contributed by atoms with Crippen molar-refractivity contribution in [1.29, 1.82) is 0 Å². The van der Waals surface area contributed by atoms with Crippen LogP contribution >= 0.6 is 39.3 Å². The molecule has 0 unspecified atom stereocenters. The third-order valence-electron chi connectivity index (χ3n) is 5.05. The molecule has 3 aromatic carbocycles. The molecule has 0 spiro atoms. The van der Waals surface area contributed by atoms with Crippen molar-refractivity contribution in [2.24, 2.45) is 0 Å². The molecule has 4 aromatic rings. The first kappa shape index (κ1) is 25.2. The van der Waals surface area contributed by atoms with Gasteiger partial charge < -0.3 is 4.74 Å². The van der Waals surface area contributed by atoms with E-state index in [0.717, 1.165) is 11.3 Å². The summed E-state index contributed by atoms with van der Waals surface area (Å²) >= 11 is 10.8. The molecule has 0 aliphatic carbocycles. The Bertz CT molecular complexity index is 1350. The highest BCUT2D eigenvalue weighted by molar-refractivity contribution is 9.10. The SMILES string of the molecule is Cc1nnc(S[C@@H](C[N+](=O)[O-])c2ccc(OCc3cccc(F)c3)c(Br)c2)n1-c1ccc(Cl)cc1. The highest BCUT2D eigenvalue weighted by Gasteiger charge is 2.24. The third kappa shape index (κ3) is 6.39. The lowest BCUT2D eigenvalue weighted by Gasteiger charge is -2.16. The number of thioether (sulfide) groups is 1. The summed E-state index contributed by atoms with van der Waals surface area (Å²) in [7, 11) is 0. The Hall–Kier alpha value is -2.95. The second-order valence-electron chi connectivity index (χ2n) is 7.57. The Morgan fingerprint density at radius 1 is 1.17 bits per heavy atom. The molecule has 0 bridgehead atoms. The molecule has 1 atom stereocenters. The van der Waals surface area contributed by atoms with Crippen molar-refractivity contribution in [3.8, 4) is 11.4 Å². The van der Waals surface area contributed by atoms with E-state index in [1.54, 1.807) is 42.5 Å². The first-order chi connectivity index (χ1) is 16.8. The second-order valence-corrected chi connectivity index (χ2v) is 10.0. The van der Waals surface area contributed by atoms with Crippen LogP contribution in [0.25, 0.3) is 5.69 Å². The van der Waals surface area contributed by atoms with Crippen LogP contribution in [0, 0.1) is 22.9 Å². The summed E-state index contributed by atoms with van der Waals surface area (Å²) in [5, 5.41) is 20.5. The molecule has 11 heteroatoms. The molecule has 1 heterocycles. The number of hydrogen-bond acceptors (Lipinski definition) is 6. The molecule has 0 saturated carbocycles. The zero-order valence-electron chi connectivity index (χ0n) is 18.4. The Balaban J connectivity index is 1.57. The number of nitro groups is 1. The maximum absolute atomic E-state index is 13.4. The fraction of sp³-hybridized carbons (Fsp3) is 0.167. The van der Waals surface area contributed by atoms with Crippen molar-refractivity contribution in [3.05, 3.63) is 109 Å². The van der Waals surface area contributed by atoms with Crippen molar-refractivity contribution in [3.63, 3.8) is 0 Å². The monoisotopic (exact) mass is 576 g/mol. The molecule has 0 saturated heterocycles. The Kier molecular flexibility index (Phi) is 8.04. The lowest BCUT2D eigenvalue weighted by Crippen LogP contribution is -2.11. The van der Waals surface area contributed by atoms with Gasteiger partial charge >= 0.3 is 0 Å². The summed E-state index contributed by atoms with van der Waals surface area (Å²) in [6, 6.07) is 18.7. The first-order valence-corrected chi connectivity index (χ1v) is 12.5. The molecular weight excluding hydrogens is 559 g/mol. The number of aryl methyl sites for hydroxylation is 1. The van der Waals surface area contributed by atoms with Gasteiger partial charge in [0, 0.05) is 15.6 Å². The van der Waals surface area contributed by atoms with Crippen LogP contribution < -0.4 is 4.74 Å². The summed E-state index contributed by atoms with van der Waals surface area (Å²) in [5.41, 5.74) is 2.22. The van der Waals surface area contributed by atoms with Crippen LogP contribution in [0.2, 0.25) is 5.02 Å². The van der Waals surface area contributed by atoms with Gasteiger partial charge in [-0.25, -0.2) is 4.39 Å². The smallest absolute Gasteiger partial charge is 0.220 e. The maximum Gasteiger partial charge on any atom is 0.220 e. The lowest BCUT2D eigenvalue weighted by atomic mass is 10.1. The number of ether oxygens (including phenoxy) is 1. The number of nitrogens with zero attached hydrogens (tertiary/aromatic N) is 4. The van der Waals surface area contributed by atoms with Crippen molar-refractivity contribution in [2.75, 3.05) is 6.54 Å². The van der Waals surface area contributed by atoms with Gasteiger partial charge in [0.2, 0.25) is 6.54 Å². The van der Waals surface area contributed by atoms with Gasteiger partial charge in [0.25, 0.3) is 0 Å². The van der Waals surface area contributed by atoms with E-state index in [4.69, 9.17) is 16.3 Å². The van der Waals surface area contributed by atoms with Gasteiger partial charge in [0.05, 0.1) is 4.47 Å².